The van der Waals surface area contributed by atoms with Gasteiger partial charge >= 0.3 is 0 Å². The summed E-state index contributed by atoms with van der Waals surface area (Å²) in [7, 11) is 0. The molecule has 0 atom stereocenters. The molecule has 0 aliphatic heterocycles. The predicted octanol–water partition coefficient (Wildman–Crippen LogP) is 3.71. The zero-order valence-corrected chi connectivity index (χ0v) is 17.5. The van der Waals surface area contributed by atoms with Crippen LogP contribution in [-0.2, 0) is 6.54 Å². The van der Waals surface area contributed by atoms with Crippen LogP contribution in [0.15, 0.2) is 35.1 Å². The van der Waals surface area contributed by atoms with Crippen LogP contribution in [0.1, 0.15) is 33.4 Å². The van der Waals surface area contributed by atoms with Gasteiger partial charge in [0.2, 0.25) is 5.95 Å². The Kier molecular flexibility index (Phi) is 4.79. The summed E-state index contributed by atoms with van der Waals surface area (Å²) in [4.78, 5) is 36.0. The van der Waals surface area contributed by atoms with E-state index in [0.717, 1.165) is 27.0 Å². The number of pyridine rings is 1. The molecule has 0 saturated heterocycles. The number of thiophene rings is 1. The number of fused-ring (bicyclic) bond motifs is 2. The Morgan fingerprint density at radius 2 is 1.93 bits per heavy atom. The maximum Gasteiger partial charge on any atom is 0.280 e. The van der Waals surface area contributed by atoms with E-state index >= 15 is 0 Å². The number of para-hydroxylation sites is 1. The molecule has 148 valence electrons. The molecular weight excluding hydrogens is 386 g/mol. The molecule has 2 N–H and O–H groups in total. The number of aromatic nitrogens is 3. The molecule has 4 rings (SSSR count). The predicted molar refractivity (Wildman–Crippen MR) is 117 cm³/mol. The summed E-state index contributed by atoms with van der Waals surface area (Å²) < 4.78 is 1.50. The molecule has 3 heterocycles. The van der Waals surface area contributed by atoms with Crippen LogP contribution in [0.2, 0.25) is 0 Å². The maximum atomic E-state index is 12.8. The van der Waals surface area contributed by atoms with Crippen molar-refractivity contribution in [1.29, 1.82) is 0 Å². The lowest BCUT2D eigenvalue weighted by Crippen LogP contribution is -2.34. The molecule has 3 aromatic heterocycles. The Morgan fingerprint density at radius 1 is 1.17 bits per heavy atom. The molecule has 0 spiro atoms. The van der Waals surface area contributed by atoms with Crippen molar-refractivity contribution in [2.45, 2.75) is 34.2 Å². The van der Waals surface area contributed by atoms with E-state index in [2.05, 4.69) is 20.8 Å². The Hall–Kier alpha value is -3.26. The summed E-state index contributed by atoms with van der Waals surface area (Å²) in [6.45, 7) is 8.18. The van der Waals surface area contributed by atoms with Gasteiger partial charge < -0.3 is 0 Å². The van der Waals surface area contributed by atoms with Gasteiger partial charge in [-0.25, -0.2) is 9.97 Å². The summed E-state index contributed by atoms with van der Waals surface area (Å²) in [5.41, 5.74) is 8.87. The topological polar surface area (TPSA) is 88.9 Å². The first kappa shape index (κ1) is 19.1. The highest BCUT2D eigenvalue weighted by atomic mass is 32.1. The summed E-state index contributed by atoms with van der Waals surface area (Å²) in [5.74, 6) is 0.0149. The lowest BCUT2D eigenvalue weighted by atomic mass is 10.1. The summed E-state index contributed by atoms with van der Waals surface area (Å²) in [6, 6.07) is 9.17. The molecule has 0 unspecified atom stereocenters. The van der Waals surface area contributed by atoms with Crippen LogP contribution in [0.4, 0.5) is 5.95 Å². The molecular formula is C21H21N5O2S. The van der Waals surface area contributed by atoms with Gasteiger partial charge in [-0.15, -0.1) is 11.3 Å². The minimum Gasteiger partial charge on any atom is -0.277 e. The Bertz CT molecular complexity index is 1320. The second kappa shape index (κ2) is 7.29. The normalized spacial score (nSPS) is 11.2. The molecule has 1 aromatic carbocycles. The number of nitrogens with zero attached hydrogens (tertiary/aromatic N) is 3. The van der Waals surface area contributed by atoms with E-state index in [9.17, 15) is 9.59 Å². The highest BCUT2D eigenvalue weighted by Gasteiger charge is 2.19. The Morgan fingerprint density at radius 3 is 2.69 bits per heavy atom. The molecule has 0 radical (unpaired) electrons. The van der Waals surface area contributed by atoms with Gasteiger partial charge in [0.15, 0.2) is 0 Å². The van der Waals surface area contributed by atoms with E-state index in [1.54, 1.807) is 12.1 Å². The largest absolute Gasteiger partial charge is 0.280 e. The summed E-state index contributed by atoms with van der Waals surface area (Å²) >= 11 is 1.36. The van der Waals surface area contributed by atoms with Crippen molar-refractivity contribution in [2.24, 2.45) is 0 Å². The maximum absolute atomic E-state index is 12.8. The summed E-state index contributed by atoms with van der Waals surface area (Å²) in [6.07, 6.45) is 0. The fourth-order valence-electron chi connectivity index (χ4n) is 3.56. The third-order valence-corrected chi connectivity index (χ3v) is 6.08. The van der Waals surface area contributed by atoms with Crippen LogP contribution in [0.5, 0.6) is 0 Å². The smallest absolute Gasteiger partial charge is 0.277 e. The molecule has 8 heteroatoms. The Balaban J connectivity index is 1.67. The van der Waals surface area contributed by atoms with Gasteiger partial charge in [0, 0.05) is 17.6 Å². The molecule has 0 aliphatic rings. The first-order valence-electron chi connectivity index (χ1n) is 9.34. The monoisotopic (exact) mass is 407 g/mol. The van der Waals surface area contributed by atoms with Crippen LogP contribution >= 0.6 is 11.3 Å². The highest BCUT2D eigenvalue weighted by Crippen LogP contribution is 2.32. The number of nitrogens with one attached hydrogen (secondary N) is 2. The minimum atomic E-state index is -0.285. The van der Waals surface area contributed by atoms with Crippen molar-refractivity contribution < 1.29 is 4.79 Å². The van der Waals surface area contributed by atoms with E-state index in [4.69, 9.17) is 0 Å². The number of aryl methyl sites for hydroxylation is 3. The third-order valence-electron chi connectivity index (χ3n) is 4.90. The second-order valence-electron chi connectivity index (χ2n) is 6.90. The average Bonchev–Trinajstić information content (AvgIpc) is 3.02. The van der Waals surface area contributed by atoms with Gasteiger partial charge in [-0.1, -0.05) is 12.1 Å². The lowest BCUT2D eigenvalue weighted by Gasteiger charge is -2.13. The number of rotatable bonds is 4. The number of carbonyl (C=O) groups is 1. The van der Waals surface area contributed by atoms with E-state index in [1.165, 1.54) is 15.9 Å². The number of hydrazine groups is 1. The van der Waals surface area contributed by atoms with E-state index in [0.29, 0.717) is 28.3 Å². The number of carbonyl (C=O) groups excluding carboxylic acids is 1. The van der Waals surface area contributed by atoms with Gasteiger partial charge in [0.1, 0.15) is 4.83 Å². The minimum absolute atomic E-state index is 0.150. The van der Waals surface area contributed by atoms with Crippen molar-refractivity contribution in [2.75, 3.05) is 5.43 Å². The Labute approximate surface area is 171 Å². The van der Waals surface area contributed by atoms with Gasteiger partial charge in [0.25, 0.3) is 11.5 Å². The SMILES string of the molecule is CCn1c(NNC(=O)c2sc3nc(C)cc(C)c3c2C)nc2ccccc2c1=O. The number of amides is 1. The molecule has 29 heavy (non-hydrogen) atoms. The van der Waals surface area contributed by atoms with Crippen LogP contribution in [0.25, 0.3) is 21.1 Å². The first-order chi connectivity index (χ1) is 13.9. The van der Waals surface area contributed by atoms with E-state index in [1.807, 2.05) is 45.9 Å². The molecule has 1 amide bonds. The molecule has 7 nitrogen and oxygen atoms in total. The molecule has 0 saturated carbocycles. The van der Waals surface area contributed by atoms with Crippen molar-refractivity contribution in [3.8, 4) is 0 Å². The number of hydrogen-bond acceptors (Lipinski definition) is 6. The number of hydrogen-bond donors (Lipinski definition) is 2. The molecule has 0 fully saturated rings. The zero-order valence-electron chi connectivity index (χ0n) is 16.7. The fourth-order valence-corrected chi connectivity index (χ4v) is 4.76. The van der Waals surface area contributed by atoms with Gasteiger partial charge in [-0.05, 0) is 57.0 Å². The quantitative estimate of drug-likeness (QED) is 0.504. The first-order valence-corrected chi connectivity index (χ1v) is 10.2. The molecule has 0 aliphatic carbocycles. The second-order valence-corrected chi connectivity index (χ2v) is 7.90. The average molecular weight is 407 g/mol. The van der Waals surface area contributed by atoms with Crippen LogP contribution in [0.3, 0.4) is 0 Å². The van der Waals surface area contributed by atoms with Crippen molar-refractivity contribution in [3.63, 3.8) is 0 Å². The van der Waals surface area contributed by atoms with E-state index < -0.39 is 0 Å². The van der Waals surface area contributed by atoms with Crippen molar-refractivity contribution in [1.82, 2.24) is 20.0 Å². The van der Waals surface area contributed by atoms with E-state index in [-0.39, 0.29) is 11.5 Å². The van der Waals surface area contributed by atoms with Crippen LogP contribution < -0.4 is 16.4 Å². The van der Waals surface area contributed by atoms with Gasteiger partial charge in [0.05, 0.1) is 15.8 Å². The number of benzene rings is 1. The zero-order chi connectivity index (χ0) is 20.7. The van der Waals surface area contributed by atoms with Gasteiger partial charge in [-0.2, -0.15) is 0 Å². The standard InChI is InChI=1S/C21H21N5O2S/c1-5-26-20(28)14-8-6-7-9-15(14)23-21(26)25-24-18(27)17-13(4)16-11(2)10-12(3)22-19(16)29-17/h6-10H,5H2,1-4H3,(H,23,25)(H,24,27). The van der Waals surface area contributed by atoms with Crippen LogP contribution in [0, 0.1) is 20.8 Å². The van der Waals surface area contributed by atoms with Crippen molar-refractivity contribution >= 4 is 44.3 Å². The molecule has 4 aromatic rings. The third kappa shape index (κ3) is 3.25. The van der Waals surface area contributed by atoms with Crippen LogP contribution in [-0.4, -0.2) is 20.4 Å². The fraction of sp³-hybridized carbons (Fsp3) is 0.238. The van der Waals surface area contributed by atoms with Crippen molar-refractivity contribution in [3.05, 3.63) is 62.4 Å². The lowest BCUT2D eigenvalue weighted by molar-refractivity contribution is 0.0965. The van der Waals surface area contributed by atoms with Gasteiger partial charge in [-0.3, -0.25) is 25.0 Å². The highest BCUT2D eigenvalue weighted by molar-refractivity contribution is 7.20. The number of anilines is 1. The molecule has 0 bridgehead atoms. The summed E-state index contributed by atoms with van der Waals surface area (Å²) in [5, 5.41) is 1.56.